The Morgan fingerprint density at radius 1 is 1.25 bits per heavy atom. The van der Waals surface area contributed by atoms with Gasteiger partial charge in [-0.25, -0.2) is 19.3 Å². The zero-order valence-electron chi connectivity index (χ0n) is 15.2. The Kier molecular flexibility index (Phi) is 3.74. The van der Waals surface area contributed by atoms with Crippen molar-refractivity contribution in [3.05, 3.63) is 46.8 Å². The van der Waals surface area contributed by atoms with Crippen molar-refractivity contribution in [3.8, 4) is 17.5 Å². The largest absolute Gasteiger partial charge is 0.381 e. The zero-order valence-corrected chi connectivity index (χ0v) is 15.2. The molecule has 28 heavy (non-hydrogen) atoms. The molecule has 4 aromatic heterocycles. The van der Waals surface area contributed by atoms with Gasteiger partial charge in [0, 0.05) is 32.5 Å². The molecule has 0 radical (unpaired) electrons. The van der Waals surface area contributed by atoms with Gasteiger partial charge in [0.2, 0.25) is 0 Å². The third-order valence-corrected chi connectivity index (χ3v) is 5.28. The van der Waals surface area contributed by atoms with Crippen LogP contribution in [0.2, 0.25) is 0 Å². The normalized spacial score (nSPS) is 15.3. The van der Waals surface area contributed by atoms with Crippen molar-refractivity contribution in [1.82, 2.24) is 28.7 Å². The molecule has 140 valence electrons. The van der Waals surface area contributed by atoms with Gasteiger partial charge in [-0.05, 0) is 25.0 Å². The lowest BCUT2D eigenvalue weighted by atomic mass is 10.1. The fourth-order valence-electron chi connectivity index (χ4n) is 3.76. The van der Waals surface area contributed by atoms with Crippen LogP contribution in [0.4, 0.5) is 0 Å². The number of aryl methyl sites for hydroxylation is 1. The van der Waals surface area contributed by atoms with E-state index in [-0.39, 0.29) is 11.7 Å². The van der Waals surface area contributed by atoms with E-state index < -0.39 is 0 Å². The molecule has 0 unspecified atom stereocenters. The van der Waals surface area contributed by atoms with E-state index in [0.29, 0.717) is 41.3 Å². The summed E-state index contributed by atoms with van der Waals surface area (Å²) < 4.78 is 10.5. The minimum absolute atomic E-state index is 0.0572. The molecule has 9 heteroatoms. The van der Waals surface area contributed by atoms with Crippen LogP contribution in [0.1, 0.15) is 24.4 Å². The maximum Gasteiger partial charge on any atom is 0.330 e. The van der Waals surface area contributed by atoms with Gasteiger partial charge in [0.05, 0.1) is 35.1 Å². The molecule has 0 bridgehead atoms. The SMILES string of the molecule is Cn1c(=O)n(C2CCOCC2)c2nc(-c3cnn4ccc(C#N)cc34)ncc21. The minimum Gasteiger partial charge on any atom is -0.381 e. The number of imidazole rings is 1. The summed E-state index contributed by atoms with van der Waals surface area (Å²) in [5.41, 5.74) is 3.20. The first-order valence-electron chi connectivity index (χ1n) is 9.07. The van der Waals surface area contributed by atoms with Crippen molar-refractivity contribution in [3.63, 3.8) is 0 Å². The highest BCUT2D eigenvalue weighted by molar-refractivity contribution is 5.80. The summed E-state index contributed by atoms with van der Waals surface area (Å²) in [6.07, 6.45) is 6.64. The Bertz CT molecular complexity index is 1300. The monoisotopic (exact) mass is 375 g/mol. The molecule has 0 spiro atoms. The van der Waals surface area contributed by atoms with Crippen LogP contribution in [0.25, 0.3) is 28.1 Å². The van der Waals surface area contributed by atoms with Crippen molar-refractivity contribution >= 4 is 16.7 Å². The molecule has 0 N–H and O–H groups in total. The smallest absolute Gasteiger partial charge is 0.330 e. The first kappa shape index (κ1) is 16.6. The third kappa shape index (κ3) is 2.42. The lowest BCUT2D eigenvalue weighted by Gasteiger charge is -2.22. The molecule has 1 fully saturated rings. The van der Waals surface area contributed by atoms with Gasteiger partial charge in [0.1, 0.15) is 5.52 Å². The van der Waals surface area contributed by atoms with Gasteiger partial charge >= 0.3 is 5.69 Å². The summed E-state index contributed by atoms with van der Waals surface area (Å²) in [7, 11) is 1.73. The first-order valence-corrected chi connectivity index (χ1v) is 9.07. The van der Waals surface area contributed by atoms with Gasteiger partial charge in [-0.1, -0.05) is 0 Å². The highest BCUT2D eigenvalue weighted by atomic mass is 16.5. The molecule has 0 aliphatic carbocycles. The average Bonchev–Trinajstić information content (AvgIpc) is 3.27. The molecular formula is C19H17N7O2. The molecule has 0 saturated carbocycles. The first-order chi connectivity index (χ1) is 13.7. The van der Waals surface area contributed by atoms with Crippen LogP contribution in [-0.2, 0) is 11.8 Å². The van der Waals surface area contributed by atoms with Gasteiger partial charge < -0.3 is 4.74 Å². The molecular weight excluding hydrogens is 358 g/mol. The lowest BCUT2D eigenvalue weighted by molar-refractivity contribution is 0.0695. The molecule has 5 heterocycles. The van der Waals surface area contributed by atoms with Gasteiger partial charge in [-0.3, -0.25) is 9.13 Å². The standard InChI is InChI=1S/C19H17N7O2/c1-24-16-11-21-17(14-10-22-25-5-2-12(9-20)8-15(14)25)23-18(16)26(19(24)27)13-3-6-28-7-4-13/h2,5,8,10-11,13H,3-4,6-7H2,1H3. The summed E-state index contributed by atoms with van der Waals surface area (Å²) in [6.45, 7) is 1.27. The van der Waals surface area contributed by atoms with Crippen LogP contribution < -0.4 is 5.69 Å². The number of pyridine rings is 1. The molecule has 0 atom stereocenters. The van der Waals surface area contributed by atoms with Crippen LogP contribution in [0, 0.1) is 11.3 Å². The van der Waals surface area contributed by atoms with Crippen LogP contribution >= 0.6 is 0 Å². The van der Waals surface area contributed by atoms with Crippen LogP contribution in [-0.4, -0.2) is 41.9 Å². The Balaban J connectivity index is 1.72. The molecule has 1 aliphatic rings. The van der Waals surface area contributed by atoms with Gasteiger partial charge in [0.25, 0.3) is 0 Å². The summed E-state index contributed by atoms with van der Waals surface area (Å²) in [5, 5.41) is 13.5. The molecule has 4 aromatic rings. The van der Waals surface area contributed by atoms with E-state index in [1.807, 2.05) is 0 Å². The summed E-state index contributed by atoms with van der Waals surface area (Å²) in [6, 6.07) is 5.65. The van der Waals surface area contributed by atoms with Crippen LogP contribution in [0.15, 0.2) is 35.5 Å². The van der Waals surface area contributed by atoms with E-state index in [1.54, 1.807) is 51.4 Å². The van der Waals surface area contributed by atoms with Crippen molar-refractivity contribution in [2.75, 3.05) is 13.2 Å². The Morgan fingerprint density at radius 2 is 2.07 bits per heavy atom. The van der Waals surface area contributed by atoms with E-state index >= 15 is 0 Å². The number of hydrogen-bond donors (Lipinski definition) is 0. The molecule has 0 aromatic carbocycles. The fraction of sp³-hybridized carbons (Fsp3) is 0.316. The molecule has 0 amide bonds. The van der Waals surface area contributed by atoms with Crippen molar-refractivity contribution < 1.29 is 4.74 Å². The van der Waals surface area contributed by atoms with E-state index in [0.717, 1.165) is 18.4 Å². The van der Waals surface area contributed by atoms with E-state index in [2.05, 4.69) is 16.2 Å². The van der Waals surface area contributed by atoms with E-state index in [9.17, 15) is 10.1 Å². The fourth-order valence-corrected chi connectivity index (χ4v) is 3.76. The topological polar surface area (TPSA) is 103 Å². The molecule has 1 aliphatic heterocycles. The summed E-state index contributed by atoms with van der Waals surface area (Å²) in [5.74, 6) is 0.476. The van der Waals surface area contributed by atoms with Crippen molar-refractivity contribution in [1.29, 1.82) is 5.26 Å². The van der Waals surface area contributed by atoms with Crippen molar-refractivity contribution in [2.45, 2.75) is 18.9 Å². The highest BCUT2D eigenvalue weighted by Crippen LogP contribution is 2.26. The maximum atomic E-state index is 12.8. The van der Waals surface area contributed by atoms with Gasteiger partial charge in [-0.2, -0.15) is 10.4 Å². The second-order valence-electron chi connectivity index (χ2n) is 6.87. The number of ether oxygens (including phenoxy) is 1. The number of nitriles is 1. The number of aromatic nitrogens is 6. The minimum atomic E-state index is -0.0972. The number of rotatable bonds is 2. The van der Waals surface area contributed by atoms with Gasteiger partial charge in [0.15, 0.2) is 11.5 Å². The molecule has 1 saturated heterocycles. The lowest BCUT2D eigenvalue weighted by Crippen LogP contribution is -2.30. The molecule has 9 nitrogen and oxygen atoms in total. The third-order valence-electron chi connectivity index (χ3n) is 5.28. The Morgan fingerprint density at radius 3 is 2.86 bits per heavy atom. The number of hydrogen-bond acceptors (Lipinski definition) is 6. The van der Waals surface area contributed by atoms with Crippen molar-refractivity contribution in [2.24, 2.45) is 7.05 Å². The highest BCUT2D eigenvalue weighted by Gasteiger charge is 2.23. The second-order valence-corrected chi connectivity index (χ2v) is 6.87. The second kappa shape index (κ2) is 6.28. The van der Waals surface area contributed by atoms with E-state index in [1.165, 1.54) is 0 Å². The van der Waals surface area contributed by atoms with Crippen LogP contribution in [0.3, 0.4) is 0 Å². The Hall–Kier alpha value is -3.51. The quantitative estimate of drug-likeness (QED) is 0.528. The number of fused-ring (bicyclic) bond motifs is 2. The predicted octanol–water partition coefficient (Wildman–Crippen LogP) is 1.67. The molecule has 5 rings (SSSR count). The summed E-state index contributed by atoms with van der Waals surface area (Å²) >= 11 is 0. The van der Waals surface area contributed by atoms with Crippen LogP contribution in [0.5, 0.6) is 0 Å². The van der Waals surface area contributed by atoms with E-state index in [4.69, 9.17) is 9.72 Å². The predicted molar refractivity (Wildman–Crippen MR) is 101 cm³/mol. The Labute approximate surface area is 159 Å². The average molecular weight is 375 g/mol. The van der Waals surface area contributed by atoms with Gasteiger partial charge in [-0.15, -0.1) is 0 Å². The summed E-state index contributed by atoms with van der Waals surface area (Å²) in [4.78, 5) is 22.1. The zero-order chi connectivity index (χ0) is 19.3. The maximum absolute atomic E-state index is 12.8. The number of nitrogens with zero attached hydrogens (tertiary/aromatic N) is 7.